The summed E-state index contributed by atoms with van der Waals surface area (Å²) in [6.45, 7) is 8.86. The highest BCUT2D eigenvalue weighted by Crippen LogP contribution is 2.27. The second-order valence-corrected chi connectivity index (χ2v) is 6.00. The Labute approximate surface area is 104 Å². The first-order valence-corrected chi connectivity index (χ1v) is 6.27. The standard InChI is InChI=1S/C15H21NO/c1-11-9-12-7-5-6-8-13(12)10-16(11)14(17)15(2,3)4/h5-8,11H,9-10H2,1-4H3. The van der Waals surface area contributed by atoms with Crippen LogP contribution in [0.2, 0.25) is 0 Å². The third-order valence-corrected chi connectivity index (χ3v) is 3.41. The summed E-state index contributed by atoms with van der Waals surface area (Å²) in [6.07, 6.45) is 0.970. The molecule has 92 valence electrons. The van der Waals surface area contributed by atoms with E-state index in [-0.39, 0.29) is 11.3 Å². The molecule has 0 radical (unpaired) electrons. The molecule has 0 fully saturated rings. The maximum Gasteiger partial charge on any atom is 0.228 e. The van der Waals surface area contributed by atoms with Crippen molar-refractivity contribution in [2.75, 3.05) is 0 Å². The van der Waals surface area contributed by atoms with Gasteiger partial charge < -0.3 is 4.90 Å². The van der Waals surface area contributed by atoms with E-state index in [4.69, 9.17) is 0 Å². The minimum Gasteiger partial charge on any atom is -0.335 e. The molecular weight excluding hydrogens is 210 g/mol. The van der Waals surface area contributed by atoms with E-state index >= 15 is 0 Å². The van der Waals surface area contributed by atoms with Gasteiger partial charge in [0.1, 0.15) is 0 Å². The van der Waals surface area contributed by atoms with E-state index in [2.05, 4.69) is 31.2 Å². The molecule has 0 bridgehead atoms. The number of fused-ring (bicyclic) bond motifs is 1. The molecule has 1 aliphatic rings. The minimum atomic E-state index is -0.291. The third kappa shape index (κ3) is 2.36. The Balaban J connectivity index is 2.26. The predicted octanol–water partition coefficient (Wildman–Crippen LogP) is 3.01. The maximum atomic E-state index is 12.4. The molecule has 2 heteroatoms. The van der Waals surface area contributed by atoms with Gasteiger partial charge in [0.05, 0.1) is 0 Å². The summed E-state index contributed by atoms with van der Waals surface area (Å²) in [5.41, 5.74) is 2.39. The van der Waals surface area contributed by atoms with Gasteiger partial charge in [-0.3, -0.25) is 4.79 Å². The molecule has 1 aliphatic heterocycles. The average molecular weight is 231 g/mol. The van der Waals surface area contributed by atoms with Gasteiger partial charge in [-0.1, -0.05) is 45.0 Å². The van der Waals surface area contributed by atoms with Gasteiger partial charge in [0, 0.05) is 18.0 Å². The number of hydrogen-bond donors (Lipinski definition) is 0. The summed E-state index contributed by atoms with van der Waals surface area (Å²) >= 11 is 0. The van der Waals surface area contributed by atoms with Crippen molar-refractivity contribution in [3.8, 4) is 0 Å². The Morgan fingerprint density at radius 3 is 2.41 bits per heavy atom. The fraction of sp³-hybridized carbons (Fsp3) is 0.533. The fourth-order valence-corrected chi connectivity index (χ4v) is 2.38. The van der Waals surface area contributed by atoms with Crippen molar-refractivity contribution in [3.63, 3.8) is 0 Å². The summed E-state index contributed by atoms with van der Waals surface area (Å²) in [7, 11) is 0. The molecule has 0 aliphatic carbocycles. The van der Waals surface area contributed by atoms with Gasteiger partial charge in [-0.05, 0) is 24.5 Å². The molecule has 0 saturated carbocycles. The SMILES string of the molecule is CC1Cc2ccccc2CN1C(=O)C(C)(C)C. The van der Waals surface area contributed by atoms with Crippen LogP contribution in [0, 0.1) is 5.41 Å². The lowest BCUT2D eigenvalue weighted by Gasteiger charge is -2.38. The Morgan fingerprint density at radius 2 is 1.82 bits per heavy atom. The zero-order valence-corrected chi connectivity index (χ0v) is 11.2. The maximum absolute atomic E-state index is 12.4. The van der Waals surface area contributed by atoms with Crippen molar-refractivity contribution in [1.82, 2.24) is 4.90 Å². The third-order valence-electron chi connectivity index (χ3n) is 3.41. The van der Waals surface area contributed by atoms with Gasteiger partial charge in [-0.15, -0.1) is 0 Å². The molecular formula is C15H21NO. The van der Waals surface area contributed by atoms with Crippen molar-refractivity contribution in [2.45, 2.75) is 46.7 Å². The van der Waals surface area contributed by atoms with Crippen LogP contribution in [0.15, 0.2) is 24.3 Å². The number of rotatable bonds is 0. The lowest BCUT2D eigenvalue weighted by molar-refractivity contribution is -0.142. The van der Waals surface area contributed by atoms with Crippen LogP contribution in [0.4, 0.5) is 0 Å². The van der Waals surface area contributed by atoms with E-state index in [1.807, 2.05) is 25.7 Å². The normalized spacial score (nSPS) is 20.0. The number of benzene rings is 1. The largest absolute Gasteiger partial charge is 0.335 e. The highest BCUT2D eigenvalue weighted by Gasteiger charge is 2.33. The molecule has 1 unspecified atom stereocenters. The summed E-state index contributed by atoms with van der Waals surface area (Å²) < 4.78 is 0. The highest BCUT2D eigenvalue weighted by atomic mass is 16.2. The van der Waals surface area contributed by atoms with Gasteiger partial charge in [-0.2, -0.15) is 0 Å². The van der Waals surface area contributed by atoms with E-state index in [1.54, 1.807) is 0 Å². The molecule has 1 heterocycles. The molecule has 2 rings (SSSR count). The number of carbonyl (C=O) groups is 1. The topological polar surface area (TPSA) is 20.3 Å². The van der Waals surface area contributed by atoms with Gasteiger partial charge >= 0.3 is 0 Å². The molecule has 1 aromatic rings. The van der Waals surface area contributed by atoms with Crippen molar-refractivity contribution in [1.29, 1.82) is 0 Å². The van der Waals surface area contributed by atoms with E-state index < -0.39 is 0 Å². The molecule has 1 aromatic carbocycles. The van der Waals surface area contributed by atoms with Crippen LogP contribution in [0.5, 0.6) is 0 Å². The van der Waals surface area contributed by atoms with E-state index in [9.17, 15) is 4.79 Å². The zero-order valence-electron chi connectivity index (χ0n) is 11.2. The number of nitrogens with zero attached hydrogens (tertiary/aromatic N) is 1. The zero-order chi connectivity index (χ0) is 12.6. The smallest absolute Gasteiger partial charge is 0.228 e. The number of hydrogen-bond acceptors (Lipinski definition) is 1. The van der Waals surface area contributed by atoms with Crippen molar-refractivity contribution in [2.24, 2.45) is 5.41 Å². The molecule has 17 heavy (non-hydrogen) atoms. The van der Waals surface area contributed by atoms with E-state index in [0.717, 1.165) is 13.0 Å². The lowest BCUT2D eigenvalue weighted by atomic mass is 9.89. The Morgan fingerprint density at radius 1 is 1.24 bits per heavy atom. The lowest BCUT2D eigenvalue weighted by Crippen LogP contribution is -2.47. The van der Waals surface area contributed by atoms with Crippen molar-refractivity contribution in [3.05, 3.63) is 35.4 Å². The highest BCUT2D eigenvalue weighted by molar-refractivity contribution is 5.82. The van der Waals surface area contributed by atoms with Crippen LogP contribution < -0.4 is 0 Å². The Kier molecular flexibility index (Phi) is 2.98. The van der Waals surface area contributed by atoms with Gasteiger partial charge in [0.2, 0.25) is 5.91 Å². The molecule has 1 atom stereocenters. The van der Waals surface area contributed by atoms with Crippen molar-refractivity contribution >= 4 is 5.91 Å². The number of carbonyl (C=O) groups excluding carboxylic acids is 1. The fourth-order valence-electron chi connectivity index (χ4n) is 2.38. The van der Waals surface area contributed by atoms with Gasteiger partial charge in [-0.25, -0.2) is 0 Å². The quantitative estimate of drug-likeness (QED) is 0.672. The van der Waals surface area contributed by atoms with E-state index in [1.165, 1.54) is 11.1 Å². The minimum absolute atomic E-state index is 0.250. The van der Waals surface area contributed by atoms with Gasteiger partial charge in [0.15, 0.2) is 0 Å². The summed E-state index contributed by atoms with van der Waals surface area (Å²) in [5, 5.41) is 0. The first-order chi connectivity index (χ1) is 7.89. The Hall–Kier alpha value is -1.31. The van der Waals surface area contributed by atoms with Crippen LogP contribution in [0.1, 0.15) is 38.8 Å². The van der Waals surface area contributed by atoms with Crippen LogP contribution in [-0.4, -0.2) is 16.8 Å². The van der Waals surface area contributed by atoms with Crippen LogP contribution in [0.3, 0.4) is 0 Å². The van der Waals surface area contributed by atoms with Crippen LogP contribution in [0.25, 0.3) is 0 Å². The summed E-state index contributed by atoms with van der Waals surface area (Å²) in [5.74, 6) is 0.250. The summed E-state index contributed by atoms with van der Waals surface area (Å²) in [6, 6.07) is 8.73. The first kappa shape index (κ1) is 12.2. The monoisotopic (exact) mass is 231 g/mol. The molecule has 0 aromatic heterocycles. The molecule has 0 N–H and O–H groups in total. The molecule has 0 saturated heterocycles. The van der Waals surface area contributed by atoms with Crippen molar-refractivity contribution < 1.29 is 4.79 Å². The second-order valence-electron chi connectivity index (χ2n) is 6.00. The second kappa shape index (κ2) is 4.17. The predicted molar refractivity (Wildman–Crippen MR) is 69.6 cm³/mol. The molecule has 2 nitrogen and oxygen atoms in total. The average Bonchev–Trinajstić information content (AvgIpc) is 2.26. The first-order valence-electron chi connectivity index (χ1n) is 6.27. The van der Waals surface area contributed by atoms with Crippen LogP contribution >= 0.6 is 0 Å². The van der Waals surface area contributed by atoms with Crippen LogP contribution in [-0.2, 0) is 17.8 Å². The Bertz CT molecular complexity index is 431. The van der Waals surface area contributed by atoms with E-state index in [0.29, 0.717) is 6.04 Å². The molecule has 1 amide bonds. The van der Waals surface area contributed by atoms with Gasteiger partial charge in [0.25, 0.3) is 0 Å². The summed E-state index contributed by atoms with van der Waals surface area (Å²) in [4.78, 5) is 14.4. The molecule has 0 spiro atoms. The number of amides is 1.